The summed E-state index contributed by atoms with van der Waals surface area (Å²) in [7, 11) is 0. The third-order valence-electron chi connectivity index (χ3n) is 2.58. The standard InChI is InChI=1S/C14H13ClN2O/c1-9-5-6-12(8-13(9)15)17-14(18)10-3-2-4-11(16)7-10/h2-8H,16H2,1H3,(H,17,18). The molecule has 0 aliphatic carbocycles. The predicted octanol–water partition coefficient (Wildman–Crippen LogP) is 3.48. The van der Waals surface area contributed by atoms with Crippen LogP contribution in [0.4, 0.5) is 11.4 Å². The summed E-state index contributed by atoms with van der Waals surface area (Å²) >= 11 is 6.00. The molecule has 0 saturated carbocycles. The average Bonchev–Trinajstić information content (AvgIpc) is 2.34. The summed E-state index contributed by atoms with van der Waals surface area (Å²) in [5.74, 6) is -0.206. The van der Waals surface area contributed by atoms with E-state index in [1.807, 2.05) is 19.1 Å². The summed E-state index contributed by atoms with van der Waals surface area (Å²) in [6, 6.07) is 12.2. The van der Waals surface area contributed by atoms with Gasteiger partial charge in [-0.05, 0) is 42.8 Å². The number of carbonyl (C=O) groups is 1. The first-order valence-corrected chi connectivity index (χ1v) is 5.87. The van der Waals surface area contributed by atoms with E-state index < -0.39 is 0 Å². The van der Waals surface area contributed by atoms with Crippen LogP contribution in [0.25, 0.3) is 0 Å². The Labute approximate surface area is 111 Å². The summed E-state index contributed by atoms with van der Waals surface area (Å²) in [4.78, 5) is 12.0. The van der Waals surface area contributed by atoms with E-state index in [1.54, 1.807) is 30.3 Å². The number of rotatable bonds is 2. The van der Waals surface area contributed by atoms with Crippen LogP contribution in [0.15, 0.2) is 42.5 Å². The fourth-order valence-electron chi connectivity index (χ4n) is 1.55. The Balaban J connectivity index is 2.18. The van der Waals surface area contributed by atoms with Gasteiger partial charge in [0.1, 0.15) is 0 Å². The van der Waals surface area contributed by atoms with Gasteiger partial charge in [0, 0.05) is 22.0 Å². The molecule has 0 atom stereocenters. The van der Waals surface area contributed by atoms with Crippen molar-refractivity contribution in [1.82, 2.24) is 0 Å². The molecule has 0 aliphatic rings. The van der Waals surface area contributed by atoms with Crippen molar-refractivity contribution >= 4 is 28.9 Å². The molecule has 0 saturated heterocycles. The normalized spacial score (nSPS) is 10.1. The van der Waals surface area contributed by atoms with E-state index in [1.165, 1.54) is 0 Å². The van der Waals surface area contributed by atoms with Gasteiger partial charge in [-0.25, -0.2) is 0 Å². The SMILES string of the molecule is Cc1ccc(NC(=O)c2cccc(N)c2)cc1Cl. The van der Waals surface area contributed by atoms with Crippen molar-refractivity contribution in [3.63, 3.8) is 0 Å². The van der Waals surface area contributed by atoms with E-state index in [2.05, 4.69) is 5.32 Å². The summed E-state index contributed by atoms with van der Waals surface area (Å²) in [5, 5.41) is 3.40. The largest absolute Gasteiger partial charge is 0.399 e. The molecule has 0 aromatic heterocycles. The highest BCUT2D eigenvalue weighted by molar-refractivity contribution is 6.31. The third-order valence-corrected chi connectivity index (χ3v) is 2.99. The Hall–Kier alpha value is -2.00. The van der Waals surface area contributed by atoms with Gasteiger partial charge < -0.3 is 11.1 Å². The molecule has 0 radical (unpaired) electrons. The van der Waals surface area contributed by atoms with Crippen LogP contribution in [0.1, 0.15) is 15.9 Å². The second-order valence-electron chi connectivity index (χ2n) is 4.04. The second-order valence-corrected chi connectivity index (χ2v) is 4.45. The number of nitrogens with two attached hydrogens (primary N) is 1. The van der Waals surface area contributed by atoms with E-state index in [9.17, 15) is 4.79 Å². The Morgan fingerprint density at radius 3 is 2.67 bits per heavy atom. The van der Waals surface area contributed by atoms with E-state index in [0.717, 1.165) is 5.56 Å². The van der Waals surface area contributed by atoms with Crippen molar-refractivity contribution in [2.45, 2.75) is 6.92 Å². The molecular formula is C14H13ClN2O. The van der Waals surface area contributed by atoms with Gasteiger partial charge in [0.05, 0.1) is 0 Å². The molecule has 18 heavy (non-hydrogen) atoms. The lowest BCUT2D eigenvalue weighted by atomic mass is 10.1. The smallest absolute Gasteiger partial charge is 0.255 e. The average molecular weight is 261 g/mol. The molecule has 2 rings (SSSR count). The molecule has 0 unspecified atom stereocenters. The number of aryl methyl sites for hydroxylation is 1. The summed E-state index contributed by atoms with van der Waals surface area (Å²) in [6.07, 6.45) is 0. The Morgan fingerprint density at radius 1 is 1.22 bits per heavy atom. The minimum absolute atomic E-state index is 0.206. The molecule has 0 fully saturated rings. The first-order chi connectivity index (χ1) is 8.56. The number of anilines is 2. The van der Waals surface area contributed by atoms with Crippen LogP contribution in [0.5, 0.6) is 0 Å². The van der Waals surface area contributed by atoms with Crippen LogP contribution in [0.3, 0.4) is 0 Å². The number of carbonyl (C=O) groups excluding carboxylic acids is 1. The molecular weight excluding hydrogens is 248 g/mol. The maximum Gasteiger partial charge on any atom is 0.255 e. The molecule has 0 aliphatic heterocycles. The van der Waals surface area contributed by atoms with Crippen molar-refractivity contribution in [3.8, 4) is 0 Å². The first-order valence-electron chi connectivity index (χ1n) is 5.49. The first kappa shape index (κ1) is 12.5. The minimum atomic E-state index is -0.206. The lowest BCUT2D eigenvalue weighted by molar-refractivity contribution is 0.102. The number of amides is 1. The topological polar surface area (TPSA) is 55.1 Å². The fourth-order valence-corrected chi connectivity index (χ4v) is 1.73. The minimum Gasteiger partial charge on any atom is -0.399 e. The maximum absolute atomic E-state index is 12.0. The number of halogens is 1. The van der Waals surface area contributed by atoms with Gasteiger partial charge in [-0.1, -0.05) is 23.7 Å². The molecule has 0 spiro atoms. The second kappa shape index (κ2) is 5.10. The molecule has 0 heterocycles. The highest BCUT2D eigenvalue weighted by Gasteiger charge is 2.06. The van der Waals surface area contributed by atoms with Gasteiger partial charge in [-0.15, -0.1) is 0 Å². The van der Waals surface area contributed by atoms with Crippen LogP contribution in [0.2, 0.25) is 5.02 Å². The van der Waals surface area contributed by atoms with Crippen LogP contribution in [-0.2, 0) is 0 Å². The maximum atomic E-state index is 12.0. The molecule has 3 nitrogen and oxygen atoms in total. The van der Waals surface area contributed by atoms with Gasteiger partial charge in [-0.2, -0.15) is 0 Å². The molecule has 3 N–H and O–H groups in total. The number of nitrogen functional groups attached to an aromatic ring is 1. The van der Waals surface area contributed by atoms with Crippen LogP contribution in [-0.4, -0.2) is 5.91 Å². The van der Waals surface area contributed by atoms with E-state index in [0.29, 0.717) is 22.0 Å². The zero-order valence-corrected chi connectivity index (χ0v) is 10.7. The van der Waals surface area contributed by atoms with Gasteiger partial charge >= 0.3 is 0 Å². The zero-order valence-electron chi connectivity index (χ0n) is 9.91. The summed E-state index contributed by atoms with van der Waals surface area (Å²) in [5.41, 5.74) is 8.35. The van der Waals surface area contributed by atoms with Gasteiger partial charge in [0.15, 0.2) is 0 Å². The lowest BCUT2D eigenvalue weighted by Gasteiger charge is -2.07. The van der Waals surface area contributed by atoms with Crippen molar-refractivity contribution in [3.05, 3.63) is 58.6 Å². The molecule has 92 valence electrons. The molecule has 2 aromatic carbocycles. The van der Waals surface area contributed by atoms with E-state index in [4.69, 9.17) is 17.3 Å². The number of hydrogen-bond acceptors (Lipinski definition) is 2. The number of nitrogens with one attached hydrogen (secondary N) is 1. The van der Waals surface area contributed by atoms with Gasteiger partial charge in [0.2, 0.25) is 0 Å². The third kappa shape index (κ3) is 2.81. The highest BCUT2D eigenvalue weighted by Crippen LogP contribution is 2.20. The van der Waals surface area contributed by atoms with Crippen molar-refractivity contribution in [2.24, 2.45) is 0 Å². The van der Waals surface area contributed by atoms with Crippen LogP contribution < -0.4 is 11.1 Å². The lowest BCUT2D eigenvalue weighted by Crippen LogP contribution is -2.12. The van der Waals surface area contributed by atoms with Gasteiger partial charge in [0.25, 0.3) is 5.91 Å². The van der Waals surface area contributed by atoms with Crippen molar-refractivity contribution in [1.29, 1.82) is 0 Å². The van der Waals surface area contributed by atoms with Crippen molar-refractivity contribution < 1.29 is 4.79 Å². The Morgan fingerprint density at radius 2 is 2.00 bits per heavy atom. The number of hydrogen-bond donors (Lipinski definition) is 2. The quantitative estimate of drug-likeness (QED) is 0.812. The van der Waals surface area contributed by atoms with Crippen molar-refractivity contribution in [2.75, 3.05) is 11.1 Å². The van der Waals surface area contributed by atoms with E-state index in [-0.39, 0.29) is 5.91 Å². The Bertz CT molecular complexity index is 596. The Kier molecular flexibility index (Phi) is 3.53. The number of benzene rings is 2. The highest BCUT2D eigenvalue weighted by atomic mass is 35.5. The monoisotopic (exact) mass is 260 g/mol. The van der Waals surface area contributed by atoms with E-state index >= 15 is 0 Å². The van der Waals surface area contributed by atoms with Crippen LogP contribution in [0, 0.1) is 6.92 Å². The zero-order chi connectivity index (χ0) is 13.1. The summed E-state index contributed by atoms with van der Waals surface area (Å²) in [6.45, 7) is 1.91. The molecule has 1 amide bonds. The van der Waals surface area contributed by atoms with Crippen LogP contribution >= 0.6 is 11.6 Å². The summed E-state index contributed by atoms with van der Waals surface area (Å²) < 4.78 is 0. The van der Waals surface area contributed by atoms with Gasteiger partial charge in [-0.3, -0.25) is 4.79 Å². The molecule has 4 heteroatoms. The molecule has 2 aromatic rings. The fraction of sp³-hybridized carbons (Fsp3) is 0.0714. The molecule has 0 bridgehead atoms. The predicted molar refractivity (Wildman–Crippen MR) is 75.0 cm³/mol.